The van der Waals surface area contributed by atoms with E-state index in [4.69, 9.17) is 4.74 Å². The first kappa shape index (κ1) is 17.1. The molecule has 0 bridgehead atoms. The quantitative estimate of drug-likeness (QED) is 0.545. The Morgan fingerprint density at radius 2 is 1.24 bits per heavy atom. The molecule has 0 aliphatic carbocycles. The third kappa shape index (κ3) is 3.85. The first-order chi connectivity index (χ1) is 11.8. The molecule has 0 spiro atoms. The van der Waals surface area contributed by atoms with Crippen LogP contribution in [0.15, 0.2) is 66.7 Å². The molecule has 0 heterocycles. The van der Waals surface area contributed by atoms with Crippen molar-refractivity contribution in [2.24, 2.45) is 0 Å². The van der Waals surface area contributed by atoms with E-state index in [1.165, 1.54) is 18.2 Å². The maximum Gasteiger partial charge on any atom is 0.429 e. The molecule has 0 aromatic heterocycles. The summed E-state index contributed by atoms with van der Waals surface area (Å²) in [5.74, 6) is -1.01. The number of halogens is 3. The van der Waals surface area contributed by atoms with Gasteiger partial charge in [-0.05, 0) is 54.8 Å². The lowest BCUT2D eigenvalue weighted by Gasteiger charge is -2.19. The van der Waals surface area contributed by atoms with Gasteiger partial charge in [0.05, 0.1) is 5.56 Å². The summed E-state index contributed by atoms with van der Waals surface area (Å²) in [7, 11) is 0. The highest BCUT2D eigenvalue weighted by atomic mass is 19.3. The van der Waals surface area contributed by atoms with Gasteiger partial charge >= 0.3 is 6.11 Å². The summed E-state index contributed by atoms with van der Waals surface area (Å²) in [6, 6.07) is 17.7. The van der Waals surface area contributed by atoms with E-state index in [0.717, 1.165) is 28.8 Å². The van der Waals surface area contributed by atoms with Crippen LogP contribution in [0.25, 0.3) is 11.1 Å². The fourth-order valence-corrected chi connectivity index (χ4v) is 2.52. The Kier molecular flexibility index (Phi) is 4.53. The van der Waals surface area contributed by atoms with Gasteiger partial charge in [0.25, 0.3) is 0 Å². The van der Waals surface area contributed by atoms with Crippen LogP contribution in [0.1, 0.15) is 16.7 Å². The molecule has 0 aliphatic rings. The van der Waals surface area contributed by atoms with E-state index < -0.39 is 17.5 Å². The molecule has 0 saturated heterocycles. The molecule has 3 rings (SSSR count). The molecule has 0 aliphatic heterocycles. The van der Waals surface area contributed by atoms with Crippen molar-refractivity contribution in [2.45, 2.75) is 20.0 Å². The predicted molar refractivity (Wildman–Crippen MR) is 92.3 cm³/mol. The van der Waals surface area contributed by atoms with E-state index in [2.05, 4.69) is 0 Å². The molecule has 3 aromatic carbocycles. The van der Waals surface area contributed by atoms with Crippen LogP contribution in [0.3, 0.4) is 0 Å². The van der Waals surface area contributed by atoms with Gasteiger partial charge in [-0.15, -0.1) is 0 Å². The predicted octanol–water partition coefficient (Wildman–Crippen LogP) is 6.24. The Hall–Kier alpha value is -2.75. The Balaban J connectivity index is 1.81. The van der Waals surface area contributed by atoms with Crippen LogP contribution in [0, 0.1) is 19.7 Å². The van der Waals surface area contributed by atoms with E-state index in [-0.39, 0.29) is 5.75 Å². The van der Waals surface area contributed by atoms with Gasteiger partial charge < -0.3 is 4.74 Å². The standard InChI is InChI=1S/C21H17F3O/c1-14-3-6-16(7-4-14)17-8-10-18(11-9-17)25-21(23,24)19-12-5-15(2)13-20(19)22/h3-13H,1-2H3. The third-order valence-corrected chi connectivity index (χ3v) is 3.92. The molecule has 0 saturated carbocycles. The number of rotatable bonds is 4. The summed E-state index contributed by atoms with van der Waals surface area (Å²) in [5.41, 5.74) is 2.80. The lowest BCUT2D eigenvalue weighted by molar-refractivity contribution is -0.187. The molecule has 0 N–H and O–H groups in total. The Morgan fingerprint density at radius 3 is 1.80 bits per heavy atom. The molecule has 0 atom stereocenters. The van der Waals surface area contributed by atoms with Gasteiger partial charge in [0.1, 0.15) is 11.6 Å². The van der Waals surface area contributed by atoms with Crippen LogP contribution in [-0.4, -0.2) is 0 Å². The minimum Gasteiger partial charge on any atom is -0.429 e. The highest BCUT2D eigenvalue weighted by Crippen LogP contribution is 2.34. The first-order valence-electron chi connectivity index (χ1n) is 7.86. The van der Waals surface area contributed by atoms with Crippen molar-refractivity contribution >= 4 is 0 Å². The molecule has 0 amide bonds. The van der Waals surface area contributed by atoms with Crippen LogP contribution in [0.4, 0.5) is 13.2 Å². The van der Waals surface area contributed by atoms with Crippen LogP contribution in [0.2, 0.25) is 0 Å². The zero-order valence-corrected chi connectivity index (χ0v) is 13.9. The Bertz CT molecular complexity index is 869. The molecular weight excluding hydrogens is 325 g/mol. The van der Waals surface area contributed by atoms with Crippen molar-refractivity contribution < 1.29 is 17.9 Å². The lowest BCUT2D eigenvalue weighted by atomic mass is 10.0. The van der Waals surface area contributed by atoms with Crippen molar-refractivity contribution in [1.82, 2.24) is 0 Å². The molecule has 1 nitrogen and oxygen atoms in total. The topological polar surface area (TPSA) is 9.23 Å². The summed E-state index contributed by atoms with van der Waals surface area (Å²) in [6.45, 7) is 3.63. The van der Waals surface area contributed by atoms with Gasteiger partial charge in [-0.1, -0.05) is 48.0 Å². The fourth-order valence-electron chi connectivity index (χ4n) is 2.52. The normalized spacial score (nSPS) is 11.4. The van der Waals surface area contributed by atoms with Crippen LogP contribution >= 0.6 is 0 Å². The number of alkyl halides is 2. The molecule has 25 heavy (non-hydrogen) atoms. The van der Waals surface area contributed by atoms with E-state index in [0.29, 0.717) is 5.56 Å². The molecule has 0 unspecified atom stereocenters. The van der Waals surface area contributed by atoms with Gasteiger partial charge in [0.2, 0.25) is 0 Å². The number of benzene rings is 3. The van der Waals surface area contributed by atoms with Gasteiger partial charge in [-0.25, -0.2) is 4.39 Å². The second kappa shape index (κ2) is 6.63. The van der Waals surface area contributed by atoms with E-state index in [1.54, 1.807) is 19.1 Å². The van der Waals surface area contributed by atoms with E-state index in [9.17, 15) is 13.2 Å². The van der Waals surface area contributed by atoms with Crippen molar-refractivity contribution in [3.8, 4) is 16.9 Å². The maximum absolute atomic E-state index is 14.2. The second-order valence-corrected chi connectivity index (χ2v) is 5.99. The van der Waals surface area contributed by atoms with Gasteiger partial charge in [-0.2, -0.15) is 8.78 Å². The zero-order valence-electron chi connectivity index (χ0n) is 13.9. The van der Waals surface area contributed by atoms with E-state index >= 15 is 0 Å². The molecule has 0 fully saturated rings. The van der Waals surface area contributed by atoms with Crippen molar-refractivity contribution in [1.29, 1.82) is 0 Å². The minimum absolute atomic E-state index is 0.0270. The number of ether oxygens (including phenoxy) is 1. The zero-order chi connectivity index (χ0) is 18.0. The monoisotopic (exact) mass is 342 g/mol. The lowest BCUT2D eigenvalue weighted by Crippen LogP contribution is -2.23. The van der Waals surface area contributed by atoms with Crippen molar-refractivity contribution in [3.63, 3.8) is 0 Å². The van der Waals surface area contributed by atoms with Crippen LogP contribution in [-0.2, 0) is 6.11 Å². The van der Waals surface area contributed by atoms with Crippen molar-refractivity contribution in [3.05, 3.63) is 89.2 Å². The van der Waals surface area contributed by atoms with E-state index in [1.807, 2.05) is 31.2 Å². The summed E-state index contributed by atoms with van der Waals surface area (Å²) in [4.78, 5) is 0. The number of aryl methyl sites for hydroxylation is 2. The van der Waals surface area contributed by atoms with Gasteiger partial charge in [0, 0.05) is 0 Å². The maximum atomic E-state index is 14.2. The second-order valence-electron chi connectivity index (χ2n) is 5.99. The highest BCUT2D eigenvalue weighted by molar-refractivity contribution is 5.64. The Labute approximate surface area is 144 Å². The summed E-state index contributed by atoms with van der Waals surface area (Å²) in [6.07, 6.45) is -3.75. The summed E-state index contributed by atoms with van der Waals surface area (Å²) >= 11 is 0. The van der Waals surface area contributed by atoms with Gasteiger partial charge in [-0.3, -0.25) is 0 Å². The fraction of sp³-hybridized carbons (Fsp3) is 0.143. The smallest absolute Gasteiger partial charge is 0.429 e. The molecule has 0 radical (unpaired) electrons. The average molecular weight is 342 g/mol. The minimum atomic E-state index is -3.75. The highest BCUT2D eigenvalue weighted by Gasteiger charge is 2.37. The number of hydrogen-bond acceptors (Lipinski definition) is 1. The molecule has 3 aromatic rings. The largest absolute Gasteiger partial charge is 0.429 e. The molecular formula is C21H17F3O. The summed E-state index contributed by atoms with van der Waals surface area (Å²) in [5, 5.41) is 0. The number of hydrogen-bond donors (Lipinski definition) is 0. The van der Waals surface area contributed by atoms with Crippen LogP contribution in [0.5, 0.6) is 5.75 Å². The summed E-state index contributed by atoms with van der Waals surface area (Å²) < 4.78 is 47.0. The van der Waals surface area contributed by atoms with Gasteiger partial charge in [0.15, 0.2) is 0 Å². The van der Waals surface area contributed by atoms with Crippen LogP contribution < -0.4 is 4.74 Å². The Morgan fingerprint density at radius 1 is 0.720 bits per heavy atom. The van der Waals surface area contributed by atoms with Crippen molar-refractivity contribution in [2.75, 3.05) is 0 Å². The SMILES string of the molecule is Cc1ccc(-c2ccc(OC(F)(F)c3ccc(C)cc3F)cc2)cc1. The third-order valence-electron chi connectivity index (χ3n) is 3.92. The first-order valence-corrected chi connectivity index (χ1v) is 7.86. The molecule has 128 valence electrons. The average Bonchev–Trinajstić information content (AvgIpc) is 2.55. The molecule has 4 heteroatoms.